The summed E-state index contributed by atoms with van der Waals surface area (Å²) in [5.41, 5.74) is 1.76. The number of nitrogens with one attached hydrogen (secondary N) is 2. The highest BCUT2D eigenvalue weighted by Crippen LogP contribution is 2.35. The molecule has 166 valence electrons. The SMILES string of the molecule is CC(C)(C)NC(=O)CN1CCN(C(=O)c2cn[nH]c2-c2ccc3c(c2)OCCO3)CC1. The highest BCUT2D eigenvalue weighted by Gasteiger charge is 2.27. The molecule has 0 unspecified atom stereocenters. The van der Waals surface area contributed by atoms with Crippen molar-refractivity contribution in [2.45, 2.75) is 26.3 Å². The molecule has 0 aliphatic carbocycles. The van der Waals surface area contributed by atoms with Gasteiger partial charge in [0.25, 0.3) is 5.91 Å². The molecule has 0 saturated carbocycles. The molecule has 2 amide bonds. The average Bonchev–Trinajstić information content (AvgIpc) is 3.22. The van der Waals surface area contributed by atoms with Crippen LogP contribution in [-0.2, 0) is 4.79 Å². The predicted octanol–water partition coefficient (Wildman–Crippen LogP) is 1.52. The molecule has 2 aromatic rings. The van der Waals surface area contributed by atoms with Gasteiger partial charge in [-0.05, 0) is 39.0 Å². The highest BCUT2D eigenvalue weighted by molar-refractivity contribution is 6.00. The summed E-state index contributed by atoms with van der Waals surface area (Å²) in [6, 6.07) is 5.61. The third kappa shape index (κ3) is 4.99. The fourth-order valence-corrected chi connectivity index (χ4v) is 3.81. The van der Waals surface area contributed by atoms with Gasteiger partial charge >= 0.3 is 0 Å². The maximum absolute atomic E-state index is 13.2. The Morgan fingerprint density at radius 3 is 2.52 bits per heavy atom. The first-order valence-corrected chi connectivity index (χ1v) is 10.6. The van der Waals surface area contributed by atoms with Gasteiger partial charge in [0.05, 0.1) is 24.0 Å². The van der Waals surface area contributed by atoms with Crippen LogP contribution in [0.1, 0.15) is 31.1 Å². The molecule has 31 heavy (non-hydrogen) atoms. The molecule has 1 fully saturated rings. The molecule has 9 nitrogen and oxygen atoms in total. The standard InChI is InChI=1S/C22H29N5O4/c1-22(2,3)24-19(28)14-26-6-8-27(9-7-26)21(29)16-13-23-25-20(16)15-4-5-17-18(12-15)31-11-10-30-17/h4-5,12-13H,6-11,14H2,1-3H3,(H,23,25)(H,24,28). The van der Waals surface area contributed by atoms with Crippen molar-refractivity contribution >= 4 is 11.8 Å². The number of ether oxygens (including phenoxy) is 2. The molecule has 0 spiro atoms. The van der Waals surface area contributed by atoms with Crippen molar-refractivity contribution in [2.75, 3.05) is 45.9 Å². The number of nitrogens with zero attached hydrogens (tertiary/aromatic N) is 3. The lowest BCUT2D eigenvalue weighted by molar-refractivity contribution is -0.124. The van der Waals surface area contributed by atoms with E-state index in [2.05, 4.69) is 20.4 Å². The zero-order valence-corrected chi connectivity index (χ0v) is 18.2. The Balaban J connectivity index is 1.40. The maximum Gasteiger partial charge on any atom is 0.257 e. The molecule has 9 heteroatoms. The molecule has 2 aliphatic heterocycles. The van der Waals surface area contributed by atoms with Crippen LogP contribution in [0.3, 0.4) is 0 Å². The fraction of sp³-hybridized carbons (Fsp3) is 0.500. The summed E-state index contributed by atoms with van der Waals surface area (Å²) in [4.78, 5) is 29.2. The van der Waals surface area contributed by atoms with Crippen LogP contribution in [0.4, 0.5) is 0 Å². The lowest BCUT2D eigenvalue weighted by Gasteiger charge is -2.34. The molecule has 3 heterocycles. The van der Waals surface area contributed by atoms with Gasteiger partial charge in [0.1, 0.15) is 13.2 Å². The van der Waals surface area contributed by atoms with Crippen molar-refractivity contribution in [1.29, 1.82) is 0 Å². The molecule has 0 atom stereocenters. The minimum atomic E-state index is -0.250. The average molecular weight is 428 g/mol. The van der Waals surface area contributed by atoms with E-state index >= 15 is 0 Å². The summed E-state index contributed by atoms with van der Waals surface area (Å²) in [7, 11) is 0. The van der Waals surface area contributed by atoms with Crippen LogP contribution in [0.25, 0.3) is 11.3 Å². The number of piperazine rings is 1. The van der Waals surface area contributed by atoms with E-state index in [1.165, 1.54) is 0 Å². The monoisotopic (exact) mass is 427 g/mol. The van der Waals surface area contributed by atoms with Crippen molar-refractivity contribution in [3.8, 4) is 22.8 Å². The van der Waals surface area contributed by atoms with Crippen LogP contribution in [0, 0.1) is 0 Å². The zero-order valence-electron chi connectivity index (χ0n) is 18.2. The van der Waals surface area contributed by atoms with Gasteiger partial charge in [0.2, 0.25) is 5.91 Å². The quantitative estimate of drug-likeness (QED) is 0.768. The van der Waals surface area contributed by atoms with E-state index in [1.54, 1.807) is 6.20 Å². The van der Waals surface area contributed by atoms with Gasteiger partial charge in [-0.15, -0.1) is 0 Å². The summed E-state index contributed by atoms with van der Waals surface area (Å²) in [5, 5.41) is 10.0. The zero-order chi connectivity index (χ0) is 22.0. The number of aromatic amines is 1. The van der Waals surface area contributed by atoms with Crippen LogP contribution in [0.15, 0.2) is 24.4 Å². The summed E-state index contributed by atoms with van der Waals surface area (Å²) >= 11 is 0. The third-order valence-electron chi connectivity index (χ3n) is 5.24. The number of hydrogen-bond donors (Lipinski definition) is 2. The van der Waals surface area contributed by atoms with Crippen LogP contribution in [-0.4, -0.2) is 83.3 Å². The second kappa shape index (κ2) is 8.58. The van der Waals surface area contributed by atoms with Crippen LogP contribution < -0.4 is 14.8 Å². The number of H-pyrrole nitrogens is 1. The minimum absolute atomic E-state index is 0.00278. The van der Waals surface area contributed by atoms with Crippen LogP contribution in [0.2, 0.25) is 0 Å². The third-order valence-corrected chi connectivity index (χ3v) is 5.24. The lowest BCUT2D eigenvalue weighted by Crippen LogP contribution is -2.52. The fourth-order valence-electron chi connectivity index (χ4n) is 3.81. The molecule has 2 aliphatic rings. The number of aromatic nitrogens is 2. The summed E-state index contributed by atoms with van der Waals surface area (Å²) < 4.78 is 11.2. The van der Waals surface area contributed by atoms with Crippen molar-refractivity contribution in [3.05, 3.63) is 30.0 Å². The van der Waals surface area contributed by atoms with E-state index in [9.17, 15) is 9.59 Å². The Labute approximate surface area is 181 Å². The number of fused-ring (bicyclic) bond motifs is 1. The van der Waals surface area contributed by atoms with E-state index in [4.69, 9.17) is 9.47 Å². The first kappa shape index (κ1) is 21.2. The predicted molar refractivity (Wildman–Crippen MR) is 115 cm³/mol. The van der Waals surface area contributed by atoms with Crippen LogP contribution >= 0.6 is 0 Å². The normalized spacial score (nSPS) is 16.8. The topological polar surface area (TPSA) is 99.8 Å². The highest BCUT2D eigenvalue weighted by atomic mass is 16.6. The van der Waals surface area contributed by atoms with Gasteiger partial charge in [0, 0.05) is 37.3 Å². The number of carbonyl (C=O) groups is 2. The van der Waals surface area contributed by atoms with Crippen molar-refractivity contribution < 1.29 is 19.1 Å². The second-order valence-corrected chi connectivity index (χ2v) is 8.88. The number of rotatable bonds is 4. The van der Waals surface area contributed by atoms with E-state index < -0.39 is 0 Å². The smallest absolute Gasteiger partial charge is 0.257 e. The summed E-state index contributed by atoms with van der Waals surface area (Å²) in [5.74, 6) is 1.30. The molecule has 0 radical (unpaired) electrons. The van der Waals surface area contributed by atoms with Gasteiger partial charge in [-0.3, -0.25) is 19.6 Å². The largest absolute Gasteiger partial charge is 0.486 e. The van der Waals surface area contributed by atoms with E-state index in [1.807, 2.05) is 43.9 Å². The summed E-state index contributed by atoms with van der Waals surface area (Å²) in [6.45, 7) is 9.70. The van der Waals surface area contributed by atoms with Crippen molar-refractivity contribution in [3.63, 3.8) is 0 Å². The molecule has 2 N–H and O–H groups in total. The summed E-state index contributed by atoms with van der Waals surface area (Å²) in [6.07, 6.45) is 1.57. The van der Waals surface area contributed by atoms with E-state index in [0.29, 0.717) is 68.7 Å². The first-order valence-electron chi connectivity index (χ1n) is 10.6. The first-order chi connectivity index (χ1) is 14.8. The number of carbonyl (C=O) groups excluding carboxylic acids is 2. The molecular formula is C22H29N5O4. The number of amides is 2. The Bertz CT molecular complexity index is 957. The van der Waals surface area contributed by atoms with E-state index in [-0.39, 0.29) is 17.4 Å². The van der Waals surface area contributed by atoms with Crippen molar-refractivity contribution in [2.24, 2.45) is 0 Å². The molecular weight excluding hydrogens is 398 g/mol. The molecule has 0 bridgehead atoms. The van der Waals surface area contributed by atoms with Gasteiger partial charge in [-0.1, -0.05) is 0 Å². The lowest BCUT2D eigenvalue weighted by atomic mass is 10.1. The van der Waals surface area contributed by atoms with Gasteiger partial charge in [-0.2, -0.15) is 5.10 Å². The molecule has 1 saturated heterocycles. The maximum atomic E-state index is 13.2. The van der Waals surface area contributed by atoms with E-state index in [0.717, 1.165) is 5.56 Å². The molecule has 1 aromatic heterocycles. The minimum Gasteiger partial charge on any atom is -0.486 e. The van der Waals surface area contributed by atoms with Crippen LogP contribution in [0.5, 0.6) is 11.5 Å². The molecule has 4 rings (SSSR count). The number of benzene rings is 1. The second-order valence-electron chi connectivity index (χ2n) is 8.88. The van der Waals surface area contributed by atoms with Crippen molar-refractivity contribution in [1.82, 2.24) is 25.3 Å². The van der Waals surface area contributed by atoms with Gasteiger partial charge in [-0.25, -0.2) is 0 Å². The number of hydrogen-bond acceptors (Lipinski definition) is 6. The Morgan fingerprint density at radius 2 is 1.81 bits per heavy atom. The Morgan fingerprint density at radius 1 is 1.10 bits per heavy atom. The molecule has 1 aromatic carbocycles. The van der Waals surface area contributed by atoms with Gasteiger partial charge in [0.15, 0.2) is 11.5 Å². The Kier molecular flexibility index (Phi) is 5.86. The Hall–Kier alpha value is -3.07. The van der Waals surface area contributed by atoms with Gasteiger partial charge < -0.3 is 19.7 Å².